The number of carboxylic acids is 1. The van der Waals surface area contributed by atoms with Crippen LogP contribution in [0.5, 0.6) is 0 Å². The second kappa shape index (κ2) is 5.69. The number of carboxylic acid groups (broad SMARTS) is 1. The van der Waals surface area contributed by atoms with Crippen LogP contribution >= 0.6 is 0 Å². The first kappa shape index (κ1) is 13.3. The van der Waals surface area contributed by atoms with Gasteiger partial charge >= 0.3 is 5.97 Å². The first-order chi connectivity index (χ1) is 8.59. The van der Waals surface area contributed by atoms with E-state index in [1.54, 1.807) is 4.90 Å². The summed E-state index contributed by atoms with van der Waals surface area (Å²) in [6, 6.07) is 0.302. The maximum absolute atomic E-state index is 12.5. The number of amides is 1. The van der Waals surface area contributed by atoms with Crippen LogP contribution in [0.2, 0.25) is 0 Å². The molecule has 102 valence electrons. The van der Waals surface area contributed by atoms with Crippen molar-refractivity contribution in [1.82, 2.24) is 10.2 Å². The Morgan fingerprint density at radius 3 is 2.44 bits per heavy atom. The van der Waals surface area contributed by atoms with Gasteiger partial charge in [0.2, 0.25) is 5.91 Å². The molecule has 0 aromatic rings. The highest BCUT2D eigenvalue weighted by atomic mass is 16.4. The molecular weight excluding hydrogens is 232 g/mol. The fourth-order valence-corrected chi connectivity index (χ4v) is 3.16. The van der Waals surface area contributed by atoms with Crippen molar-refractivity contribution in [2.45, 2.75) is 51.1 Å². The lowest BCUT2D eigenvalue weighted by Gasteiger charge is -2.31. The van der Waals surface area contributed by atoms with Crippen molar-refractivity contribution in [2.75, 3.05) is 13.1 Å². The zero-order chi connectivity index (χ0) is 13.1. The molecule has 0 aromatic heterocycles. The number of aliphatic carboxylic acids is 1. The Morgan fingerprint density at radius 1 is 1.28 bits per heavy atom. The van der Waals surface area contributed by atoms with Crippen molar-refractivity contribution in [2.24, 2.45) is 5.92 Å². The summed E-state index contributed by atoms with van der Waals surface area (Å²) in [5.74, 6) is -0.930. The van der Waals surface area contributed by atoms with E-state index in [1.165, 1.54) is 0 Å². The molecule has 1 aliphatic carbocycles. The number of nitrogens with zero attached hydrogens (tertiary/aromatic N) is 1. The number of nitrogens with one attached hydrogen (secondary N) is 1. The topological polar surface area (TPSA) is 69.6 Å². The number of hydrogen-bond acceptors (Lipinski definition) is 3. The maximum Gasteiger partial charge on any atom is 0.323 e. The summed E-state index contributed by atoms with van der Waals surface area (Å²) in [4.78, 5) is 25.1. The normalized spacial score (nSPS) is 28.5. The van der Waals surface area contributed by atoms with Crippen molar-refractivity contribution in [3.8, 4) is 0 Å². The van der Waals surface area contributed by atoms with E-state index < -0.39 is 5.97 Å². The van der Waals surface area contributed by atoms with Crippen LogP contribution in [0.4, 0.5) is 0 Å². The smallest absolute Gasteiger partial charge is 0.323 e. The van der Waals surface area contributed by atoms with Crippen molar-refractivity contribution in [3.63, 3.8) is 0 Å². The summed E-state index contributed by atoms with van der Waals surface area (Å²) < 4.78 is 0. The predicted molar refractivity (Wildman–Crippen MR) is 67.2 cm³/mol. The lowest BCUT2D eigenvalue weighted by atomic mass is 9.99. The molecule has 2 N–H and O–H groups in total. The van der Waals surface area contributed by atoms with Gasteiger partial charge in [0.05, 0.1) is 5.92 Å². The number of rotatable bonds is 4. The Kier molecular flexibility index (Phi) is 4.22. The molecule has 1 saturated heterocycles. The van der Waals surface area contributed by atoms with Crippen LogP contribution in [0.3, 0.4) is 0 Å². The third kappa shape index (κ3) is 2.83. The molecule has 0 radical (unpaired) electrons. The van der Waals surface area contributed by atoms with E-state index in [4.69, 9.17) is 5.11 Å². The predicted octanol–water partition coefficient (Wildman–Crippen LogP) is 0.840. The molecule has 2 rings (SSSR count). The molecule has 0 bridgehead atoms. The van der Waals surface area contributed by atoms with Gasteiger partial charge in [-0.05, 0) is 32.7 Å². The third-order valence-corrected chi connectivity index (χ3v) is 4.20. The van der Waals surface area contributed by atoms with Crippen LogP contribution in [-0.2, 0) is 9.59 Å². The average molecular weight is 254 g/mol. The van der Waals surface area contributed by atoms with Gasteiger partial charge in [-0.3, -0.25) is 9.59 Å². The molecule has 5 heteroatoms. The van der Waals surface area contributed by atoms with Gasteiger partial charge in [-0.15, -0.1) is 0 Å². The van der Waals surface area contributed by atoms with E-state index in [0.717, 1.165) is 38.6 Å². The summed E-state index contributed by atoms with van der Waals surface area (Å²) in [7, 11) is 0. The van der Waals surface area contributed by atoms with Crippen LogP contribution in [0, 0.1) is 5.92 Å². The van der Waals surface area contributed by atoms with Gasteiger partial charge < -0.3 is 15.3 Å². The summed E-state index contributed by atoms with van der Waals surface area (Å²) >= 11 is 0. The van der Waals surface area contributed by atoms with Gasteiger partial charge in [0.15, 0.2) is 0 Å². The van der Waals surface area contributed by atoms with Gasteiger partial charge in [0.1, 0.15) is 6.54 Å². The van der Waals surface area contributed by atoms with E-state index in [1.807, 2.05) is 6.92 Å². The minimum absolute atomic E-state index is 0.0294. The van der Waals surface area contributed by atoms with Crippen LogP contribution in [-0.4, -0.2) is 47.1 Å². The van der Waals surface area contributed by atoms with Gasteiger partial charge in [-0.1, -0.05) is 12.8 Å². The largest absolute Gasteiger partial charge is 0.480 e. The average Bonchev–Trinajstić information content (AvgIpc) is 2.95. The Morgan fingerprint density at radius 2 is 1.94 bits per heavy atom. The molecule has 1 amide bonds. The molecule has 5 nitrogen and oxygen atoms in total. The molecule has 2 fully saturated rings. The van der Waals surface area contributed by atoms with Gasteiger partial charge in [0.25, 0.3) is 0 Å². The summed E-state index contributed by atoms with van der Waals surface area (Å²) in [5.41, 5.74) is 0. The van der Waals surface area contributed by atoms with Gasteiger partial charge in [0, 0.05) is 12.1 Å². The minimum atomic E-state index is -0.908. The first-order valence-corrected chi connectivity index (χ1v) is 6.85. The van der Waals surface area contributed by atoms with E-state index in [2.05, 4.69) is 5.32 Å². The zero-order valence-electron chi connectivity index (χ0n) is 10.9. The third-order valence-electron chi connectivity index (χ3n) is 4.20. The lowest BCUT2D eigenvalue weighted by molar-refractivity contribution is -0.148. The number of carbonyl (C=O) groups is 2. The molecule has 2 atom stereocenters. The van der Waals surface area contributed by atoms with Crippen LogP contribution < -0.4 is 5.32 Å². The highest BCUT2D eigenvalue weighted by molar-refractivity contribution is 5.84. The molecule has 18 heavy (non-hydrogen) atoms. The monoisotopic (exact) mass is 254 g/mol. The fourth-order valence-electron chi connectivity index (χ4n) is 3.16. The SMILES string of the molecule is CC1NCCC1C(=O)N(CC(=O)O)C1CCCC1. The highest BCUT2D eigenvalue weighted by Crippen LogP contribution is 2.27. The Balaban J connectivity index is 2.06. The molecular formula is C13H22N2O3. The Hall–Kier alpha value is -1.10. The van der Waals surface area contributed by atoms with Crippen molar-refractivity contribution < 1.29 is 14.7 Å². The maximum atomic E-state index is 12.5. The van der Waals surface area contributed by atoms with Crippen LogP contribution in [0.15, 0.2) is 0 Å². The Bertz CT molecular complexity index is 326. The zero-order valence-corrected chi connectivity index (χ0v) is 10.9. The molecule has 2 aliphatic rings. The molecule has 2 unspecified atom stereocenters. The van der Waals surface area contributed by atoms with E-state index >= 15 is 0 Å². The molecule has 1 aliphatic heterocycles. The van der Waals surface area contributed by atoms with Crippen molar-refractivity contribution in [3.05, 3.63) is 0 Å². The Labute approximate surface area is 108 Å². The standard InChI is InChI=1S/C13H22N2O3/c1-9-11(6-7-14-9)13(18)15(8-12(16)17)10-4-2-3-5-10/h9-11,14H,2-8H2,1H3,(H,16,17). The molecule has 0 spiro atoms. The van der Waals surface area contributed by atoms with Crippen LogP contribution in [0.25, 0.3) is 0 Å². The first-order valence-electron chi connectivity index (χ1n) is 6.85. The minimum Gasteiger partial charge on any atom is -0.480 e. The van der Waals surface area contributed by atoms with Crippen molar-refractivity contribution >= 4 is 11.9 Å². The fraction of sp³-hybridized carbons (Fsp3) is 0.846. The summed E-state index contributed by atoms with van der Waals surface area (Å²) in [5, 5.41) is 12.2. The van der Waals surface area contributed by atoms with E-state index in [9.17, 15) is 9.59 Å². The van der Waals surface area contributed by atoms with Gasteiger partial charge in [-0.25, -0.2) is 0 Å². The van der Waals surface area contributed by atoms with Crippen LogP contribution in [0.1, 0.15) is 39.0 Å². The lowest BCUT2D eigenvalue weighted by Crippen LogP contribution is -2.47. The summed E-state index contributed by atoms with van der Waals surface area (Å²) in [6.07, 6.45) is 4.93. The second-order valence-electron chi connectivity index (χ2n) is 5.44. The van der Waals surface area contributed by atoms with Crippen molar-refractivity contribution in [1.29, 1.82) is 0 Å². The molecule has 1 saturated carbocycles. The van der Waals surface area contributed by atoms with E-state index in [-0.39, 0.29) is 30.5 Å². The quantitative estimate of drug-likeness (QED) is 0.780. The van der Waals surface area contributed by atoms with Gasteiger partial charge in [-0.2, -0.15) is 0 Å². The molecule has 1 heterocycles. The number of carbonyl (C=O) groups excluding carboxylic acids is 1. The number of hydrogen-bond donors (Lipinski definition) is 2. The van der Waals surface area contributed by atoms with E-state index in [0.29, 0.717) is 0 Å². The second-order valence-corrected chi connectivity index (χ2v) is 5.44. The molecule has 0 aromatic carbocycles. The highest BCUT2D eigenvalue weighted by Gasteiger charge is 2.36. The summed E-state index contributed by atoms with van der Waals surface area (Å²) in [6.45, 7) is 2.71.